The van der Waals surface area contributed by atoms with Gasteiger partial charge in [0.05, 0.1) is 12.7 Å². The maximum atomic E-state index is 14.1. The molecule has 4 aliphatic rings. The molecule has 7 heteroatoms. The van der Waals surface area contributed by atoms with E-state index in [-0.39, 0.29) is 28.4 Å². The summed E-state index contributed by atoms with van der Waals surface area (Å²) in [4.78, 5) is 25.5. The maximum absolute atomic E-state index is 14.1. The van der Waals surface area contributed by atoms with E-state index in [9.17, 15) is 9.59 Å². The average molecular weight is 651 g/mol. The summed E-state index contributed by atoms with van der Waals surface area (Å²) in [5, 5.41) is 0.246. The summed E-state index contributed by atoms with van der Waals surface area (Å²) in [5.41, 5.74) is 0.385. The minimum Gasteiger partial charge on any atom is -0.466 e. The molecule has 5 nitrogen and oxygen atoms in total. The molecule has 9 unspecified atom stereocenters. The van der Waals surface area contributed by atoms with Crippen molar-refractivity contribution in [2.24, 2.45) is 58.2 Å². The molecule has 0 spiro atoms. The van der Waals surface area contributed by atoms with E-state index in [0.29, 0.717) is 65.8 Å². The van der Waals surface area contributed by atoms with Crippen LogP contribution in [0.5, 0.6) is 0 Å². The fourth-order valence-electron chi connectivity index (χ4n) is 10.6. The lowest BCUT2D eigenvalue weighted by atomic mass is 9.44. The van der Waals surface area contributed by atoms with Crippen LogP contribution in [0.4, 0.5) is 0 Å². The zero-order valence-corrected chi connectivity index (χ0v) is 32.3. The third-order valence-electron chi connectivity index (χ3n) is 14.4. The Morgan fingerprint density at radius 3 is 2.30 bits per heavy atom. The molecule has 4 aliphatic carbocycles. The number of Topliss-reactive ketones (excluding diaryl/α,β-unsaturated/α-hetero) is 1. The molecule has 4 fully saturated rings. The number of ether oxygens (including phenoxy) is 1. The fourth-order valence-corrected chi connectivity index (χ4v) is 12.3. The first-order valence-electron chi connectivity index (χ1n) is 18.0. The number of hydrogen-bond acceptors (Lipinski definition) is 5. The van der Waals surface area contributed by atoms with E-state index in [1.807, 2.05) is 0 Å². The van der Waals surface area contributed by atoms with Gasteiger partial charge in [-0.05, 0) is 128 Å². The standard InChI is InChI=1S/C37H67O5PSi/c1-23(2)26(16-19-40-25(4)38)20-33(41-43)24(3)31-22-32(39)34-29-13-12-27-21-28(42-44(10,11)35(5,6)7)14-17-36(27,8)30(29)15-18-37(31,34)9/h23-24,26-31,33-34H,12-22,43H2,1-11H3/t24?,26?,27?,28-,29?,30?,31?,33?,34?,36-,37+/m0/s1. The maximum Gasteiger partial charge on any atom is 0.302 e. The van der Waals surface area contributed by atoms with Crippen LogP contribution >= 0.6 is 9.47 Å². The van der Waals surface area contributed by atoms with Crippen molar-refractivity contribution >= 4 is 29.5 Å². The summed E-state index contributed by atoms with van der Waals surface area (Å²) in [6.45, 7) is 25.7. The van der Waals surface area contributed by atoms with Crippen LogP contribution in [0.25, 0.3) is 0 Å². The van der Waals surface area contributed by atoms with Gasteiger partial charge in [0.15, 0.2) is 8.32 Å². The molecule has 0 saturated heterocycles. The van der Waals surface area contributed by atoms with Crippen molar-refractivity contribution in [1.82, 2.24) is 0 Å². The zero-order chi connectivity index (χ0) is 32.8. The van der Waals surface area contributed by atoms with Crippen molar-refractivity contribution in [2.75, 3.05) is 6.61 Å². The summed E-state index contributed by atoms with van der Waals surface area (Å²) in [6.07, 6.45) is 11.5. The summed E-state index contributed by atoms with van der Waals surface area (Å²) < 4.78 is 18.4. The molecule has 44 heavy (non-hydrogen) atoms. The van der Waals surface area contributed by atoms with Gasteiger partial charge >= 0.3 is 5.97 Å². The normalized spacial score (nSPS) is 38.0. The Morgan fingerprint density at radius 1 is 1.05 bits per heavy atom. The van der Waals surface area contributed by atoms with Crippen LogP contribution in [0.2, 0.25) is 18.1 Å². The second-order valence-electron chi connectivity index (χ2n) is 18.0. The van der Waals surface area contributed by atoms with Gasteiger partial charge in [0.25, 0.3) is 0 Å². The summed E-state index contributed by atoms with van der Waals surface area (Å²) in [5.74, 6) is 3.96. The first-order chi connectivity index (χ1) is 20.4. The van der Waals surface area contributed by atoms with E-state index in [0.717, 1.165) is 25.2 Å². The Morgan fingerprint density at radius 2 is 1.70 bits per heavy atom. The van der Waals surface area contributed by atoms with Crippen molar-refractivity contribution in [3.8, 4) is 0 Å². The molecule has 0 aromatic heterocycles. The van der Waals surface area contributed by atoms with Gasteiger partial charge in [0.2, 0.25) is 0 Å². The number of rotatable bonds is 11. The molecule has 0 heterocycles. The van der Waals surface area contributed by atoms with Crippen molar-refractivity contribution in [2.45, 2.75) is 157 Å². The molecule has 12 atom stereocenters. The van der Waals surface area contributed by atoms with E-state index < -0.39 is 8.32 Å². The molecular formula is C37H67O5PSi. The second-order valence-corrected chi connectivity index (χ2v) is 23.1. The van der Waals surface area contributed by atoms with Crippen LogP contribution in [0.1, 0.15) is 127 Å². The minimum atomic E-state index is -1.78. The number of carbonyl (C=O) groups is 2. The molecule has 0 amide bonds. The van der Waals surface area contributed by atoms with Gasteiger partial charge in [-0.2, -0.15) is 0 Å². The molecule has 0 aliphatic heterocycles. The van der Waals surface area contributed by atoms with Gasteiger partial charge < -0.3 is 13.7 Å². The molecular weight excluding hydrogens is 583 g/mol. The predicted molar refractivity (Wildman–Crippen MR) is 186 cm³/mol. The largest absolute Gasteiger partial charge is 0.466 e. The number of esters is 1. The highest BCUT2D eigenvalue weighted by molar-refractivity contribution is 7.09. The molecule has 254 valence electrons. The Balaban J connectivity index is 1.46. The first kappa shape index (κ1) is 36.5. The quantitative estimate of drug-likeness (QED) is 0.127. The topological polar surface area (TPSA) is 61.8 Å². The summed E-state index contributed by atoms with van der Waals surface area (Å²) in [6, 6.07) is 0. The molecule has 0 aromatic rings. The zero-order valence-electron chi connectivity index (χ0n) is 30.2. The number of ketones is 1. The van der Waals surface area contributed by atoms with Crippen LogP contribution in [-0.4, -0.2) is 38.9 Å². The van der Waals surface area contributed by atoms with Crippen LogP contribution in [0.3, 0.4) is 0 Å². The highest BCUT2D eigenvalue weighted by Crippen LogP contribution is 2.68. The smallest absolute Gasteiger partial charge is 0.302 e. The van der Waals surface area contributed by atoms with Crippen LogP contribution < -0.4 is 0 Å². The van der Waals surface area contributed by atoms with E-state index in [4.69, 9.17) is 13.7 Å². The fraction of sp³-hybridized carbons (Fsp3) is 0.946. The lowest BCUT2D eigenvalue weighted by Crippen LogP contribution is -2.56. The van der Waals surface area contributed by atoms with Crippen molar-refractivity contribution in [3.05, 3.63) is 0 Å². The number of carbonyl (C=O) groups excluding carboxylic acids is 2. The number of fused-ring (bicyclic) bond motifs is 5. The van der Waals surface area contributed by atoms with Crippen LogP contribution in [0, 0.1) is 58.2 Å². The van der Waals surface area contributed by atoms with E-state index in [1.54, 1.807) is 0 Å². The third-order valence-corrected chi connectivity index (χ3v) is 19.3. The second kappa shape index (κ2) is 13.7. The predicted octanol–water partition coefficient (Wildman–Crippen LogP) is 9.64. The van der Waals surface area contributed by atoms with Gasteiger partial charge in [-0.15, -0.1) is 0 Å². The van der Waals surface area contributed by atoms with Gasteiger partial charge in [0, 0.05) is 34.8 Å². The molecule has 4 saturated carbocycles. The van der Waals surface area contributed by atoms with Gasteiger partial charge in [-0.1, -0.05) is 55.4 Å². The van der Waals surface area contributed by atoms with E-state index in [2.05, 4.69) is 78.0 Å². The summed E-state index contributed by atoms with van der Waals surface area (Å²) in [7, 11) is 0.764. The Bertz CT molecular complexity index is 1020. The van der Waals surface area contributed by atoms with Crippen molar-refractivity contribution in [3.63, 3.8) is 0 Å². The van der Waals surface area contributed by atoms with Gasteiger partial charge in [-0.3, -0.25) is 9.59 Å². The Labute approximate surface area is 273 Å². The van der Waals surface area contributed by atoms with Crippen molar-refractivity contribution < 1.29 is 23.3 Å². The van der Waals surface area contributed by atoms with Crippen LogP contribution in [0.15, 0.2) is 0 Å². The lowest BCUT2D eigenvalue weighted by molar-refractivity contribution is -0.146. The highest BCUT2D eigenvalue weighted by Gasteiger charge is 2.64. The highest BCUT2D eigenvalue weighted by atomic mass is 31.0. The first-order valence-corrected chi connectivity index (χ1v) is 21.4. The van der Waals surface area contributed by atoms with Gasteiger partial charge in [0.1, 0.15) is 5.78 Å². The number of hydrogen-bond donors (Lipinski definition) is 0. The molecule has 0 radical (unpaired) electrons. The van der Waals surface area contributed by atoms with E-state index in [1.165, 1.54) is 45.4 Å². The molecule has 0 aromatic carbocycles. The monoisotopic (exact) mass is 650 g/mol. The van der Waals surface area contributed by atoms with Crippen molar-refractivity contribution in [1.29, 1.82) is 0 Å². The van der Waals surface area contributed by atoms with Gasteiger partial charge in [-0.25, -0.2) is 0 Å². The lowest BCUT2D eigenvalue weighted by Gasteiger charge is -2.61. The summed E-state index contributed by atoms with van der Waals surface area (Å²) >= 11 is 0. The molecule has 0 bridgehead atoms. The van der Waals surface area contributed by atoms with Crippen LogP contribution in [-0.2, 0) is 23.3 Å². The Kier molecular flexibility index (Phi) is 11.4. The molecule has 4 rings (SSSR count). The average Bonchev–Trinajstić information content (AvgIpc) is 3.19. The van der Waals surface area contributed by atoms with E-state index >= 15 is 0 Å². The minimum absolute atomic E-state index is 0.0516. The molecule has 0 N–H and O–H groups in total. The third kappa shape index (κ3) is 7.09. The SMILES string of the molecule is CC(=O)OCCC(CC(OP)C(C)C1CC(=O)C2C3CCC4C[C@@H](O[Si](C)(C)C(C)(C)C)CC[C@]4(C)C3CC[C@]12C)C(C)C. The Hall–Kier alpha value is -0.293.